The van der Waals surface area contributed by atoms with Crippen LogP contribution < -0.4 is 0 Å². The summed E-state index contributed by atoms with van der Waals surface area (Å²) in [6, 6.07) is 1.89. The maximum absolute atomic E-state index is 11.8. The number of nitrogens with zero attached hydrogens (tertiary/aromatic N) is 4. The lowest BCUT2D eigenvalue weighted by Crippen LogP contribution is -2.38. The van der Waals surface area contributed by atoms with Crippen molar-refractivity contribution in [3.05, 3.63) is 29.5 Å². The Bertz CT molecular complexity index is 815. The normalized spacial score (nSPS) is 19.9. The van der Waals surface area contributed by atoms with E-state index in [1.807, 2.05) is 19.9 Å². The van der Waals surface area contributed by atoms with Gasteiger partial charge in [-0.15, -0.1) is 0 Å². The molecule has 8 heteroatoms. The van der Waals surface area contributed by atoms with E-state index in [-0.39, 0.29) is 5.92 Å². The zero-order chi connectivity index (χ0) is 16.6. The Morgan fingerprint density at radius 2 is 2.09 bits per heavy atom. The first-order valence-corrected chi connectivity index (χ1v) is 9.50. The van der Waals surface area contributed by atoms with E-state index < -0.39 is 10.0 Å². The van der Waals surface area contributed by atoms with E-state index in [9.17, 15) is 8.42 Å². The Kier molecular flexibility index (Phi) is 4.20. The molecule has 0 saturated carbocycles. The first-order chi connectivity index (χ1) is 10.8. The van der Waals surface area contributed by atoms with Gasteiger partial charge in [0.15, 0.2) is 5.82 Å². The minimum atomic E-state index is -3.18. The average molecular weight is 335 g/mol. The fourth-order valence-electron chi connectivity index (χ4n) is 2.89. The van der Waals surface area contributed by atoms with Crippen molar-refractivity contribution in [2.75, 3.05) is 19.3 Å². The van der Waals surface area contributed by atoms with Crippen molar-refractivity contribution < 1.29 is 8.42 Å². The molecule has 7 nitrogen and oxygen atoms in total. The van der Waals surface area contributed by atoms with Crippen LogP contribution in [0.3, 0.4) is 0 Å². The minimum Gasteiger partial charge on any atom is -0.341 e. The van der Waals surface area contributed by atoms with E-state index >= 15 is 0 Å². The zero-order valence-electron chi connectivity index (χ0n) is 13.6. The molecule has 1 aliphatic heterocycles. The third-order valence-corrected chi connectivity index (χ3v) is 5.30. The van der Waals surface area contributed by atoms with Gasteiger partial charge in [-0.1, -0.05) is 0 Å². The number of hydrogen-bond donors (Lipinski definition) is 1. The summed E-state index contributed by atoms with van der Waals surface area (Å²) in [5.74, 6) is 1.43. The summed E-state index contributed by atoms with van der Waals surface area (Å²) >= 11 is 0. The van der Waals surface area contributed by atoms with Crippen LogP contribution in [0.4, 0.5) is 0 Å². The van der Waals surface area contributed by atoms with Gasteiger partial charge in [0.05, 0.1) is 6.26 Å². The van der Waals surface area contributed by atoms with Gasteiger partial charge in [-0.25, -0.2) is 27.7 Å². The molecule has 0 aromatic carbocycles. The molecule has 1 atom stereocenters. The first-order valence-electron chi connectivity index (χ1n) is 7.65. The molecule has 23 heavy (non-hydrogen) atoms. The molecule has 0 spiro atoms. The van der Waals surface area contributed by atoms with Crippen LogP contribution in [0.15, 0.2) is 12.3 Å². The van der Waals surface area contributed by atoms with Crippen molar-refractivity contribution in [1.82, 2.24) is 24.2 Å². The Morgan fingerprint density at radius 3 is 2.74 bits per heavy atom. The van der Waals surface area contributed by atoms with E-state index in [1.54, 1.807) is 6.20 Å². The summed E-state index contributed by atoms with van der Waals surface area (Å²) in [6.45, 7) is 4.88. The maximum Gasteiger partial charge on any atom is 0.211 e. The maximum atomic E-state index is 11.8. The van der Waals surface area contributed by atoms with Crippen molar-refractivity contribution >= 4 is 10.0 Å². The second-order valence-electron chi connectivity index (χ2n) is 6.13. The average Bonchev–Trinajstić information content (AvgIpc) is 2.92. The molecule has 2 aromatic heterocycles. The highest BCUT2D eigenvalue weighted by molar-refractivity contribution is 7.88. The largest absolute Gasteiger partial charge is 0.341 e. The smallest absolute Gasteiger partial charge is 0.211 e. The molecular formula is C15H21N5O2S. The van der Waals surface area contributed by atoms with Crippen molar-refractivity contribution in [3.8, 4) is 11.5 Å². The number of aromatic amines is 1. The summed E-state index contributed by atoms with van der Waals surface area (Å²) < 4.78 is 25.1. The molecule has 1 saturated heterocycles. The van der Waals surface area contributed by atoms with E-state index in [2.05, 4.69) is 19.9 Å². The van der Waals surface area contributed by atoms with Crippen LogP contribution in [-0.4, -0.2) is 52.0 Å². The predicted molar refractivity (Wildman–Crippen MR) is 87.5 cm³/mol. The number of H-pyrrole nitrogens is 1. The number of rotatable bonds is 3. The lowest BCUT2D eigenvalue weighted by Gasteiger charge is -2.30. The van der Waals surface area contributed by atoms with Crippen molar-refractivity contribution in [2.24, 2.45) is 0 Å². The van der Waals surface area contributed by atoms with Gasteiger partial charge in [-0.3, -0.25) is 0 Å². The Morgan fingerprint density at radius 1 is 1.30 bits per heavy atom. The van der Waals surface area contributed by atoms with Gasteiger partial charge < -0.3 is 4.98 Å². The topological polar surface area (TPSA) is 91.8 Å². The Labute approximate surface area is 136 Å². The van der Waals surface area contributed by atoms with Crippen LogP contribution in [0.1, 0.15) is 36.0 Å². The monoisotopic (exact) mass is 335 g/mol. The fraction of sp³-hybridized carbons (Fsp3) is 0.533. The van der Waals surface area contributed by atoms with E-state index in [0.29, 0.717) is 24.7 Å². The van der Waals surface area contributed by atoms with Gasteiger partial charge in [-0.2, -0.15) is 0 Å². The van der Waals surface area contributed by atoms with E-state index in [1.165, 1.54) is 10.6 Å². The third kappa shape index (κ3) is 3.59. The highest BCUT2D eigenvalue weighted by Crippen LogP contribution is 2.27. The summed E-state index contributed by atoms with van der Waals surface area (Å²) in [6.07, 6.45) is 4.73. The molecule has 1 unspecified atom stereocenters. The molecule has 3 rings (SSSR count). The van der Waals surface area contributed by atoms with Gasteiger partial charge in [0.25, 0.3) is 0 Å². The van der Waals surface area contributed by atoms with Gasteiger partial charge >= 0.3 is 0 Å². The summed E-state index contributed by atoms with van der Waals surface area (Å²) in [5, 5.41) is 0. The van der Waals surface area contributed by atoms with Gasteiger partial charge in [0.1, 0.15) is 11.5 Å². The number of aryl methyl sites for hydroxylation is 2. The van der Waals surface area contributed by atoms with Crippen LogP contribution >= 0.6 is 0 Å². The predicted octanol–water partition coefficient (Wildman–Crippen LogP) is 1.62. The molecule has 2 aromatic rings. The quantitative estimate of drug-likeness (QED) is 0.920. The third-order valence-electron chi connectivity index (χ3n) is 4.04. The summed E-state index contributed by atoms with van der Waals surface area (Å²) in [5.41, 5.74) is 2.58. The van der Waals surface area contributed by atoms with Crippen molar-refractivity contribution in [1.29, 1.82) is 0 Å². The molecule has 0 radical (unpaired) electrons. The molecule has 1 fully saturated rings. The van der Waals surface area contributed by atoms with Crippen LogP contribution in [0.2, 0.25) is 0 Å². The van der Waals surface area contributed by atoms with Gasteiger partial charge in [0.2, 0.25) is 10.0 Å². The number of nitrogens with one attached hydrogen (secondary N) is 1. The molecule has 0 aliphatic carbocycles. The van der Waals surface area contributed by atoms with E-state index in [0.717, 1.165) is 29.9 Å². The molecule has 0 amide bonds. The Balaban J connectivity index is 1.92. The second kappa shape index (κ2) is 6.01. The molecule has 1 aliphatic rings. The van der Waals surface area contributed by atoms with Crippen molar-refractivity contribution in [2.45, 2.75) is 32.6 Å². The van der Waals surface area contributed by atoms with Crippen LogP contribution in [0.25, 0.3) is 11.5 Å². The number of imidazole rings is 1. The van der Waals surface area contributed by atoms with E-state index in [4.69, 9.17) is 0 Å². The lowest BCUT2D eigenvalue weighted by molar-refractivity contribution is 0.311. The number of hydrogen-bond acceptors (Lipinski definition) is 5. The summed E-state index contributed by atoms with van der Waals surface area (Å²) in [7, 11) is -3.18. The SMILES string of the molecule is Cc1cc(-c2ncc(C)[nH]2)nc(C2CCCN(S(C)(=O)=O)C2)n1. The van der Waals surface area contributed by atoms with Crippen LogP contribution in [-0.2, 0) is 10.0 Å². The number of piperidine rings is 1. The van der Waals surface area contributed by atoms with Gasteiger partial charge in [0, 0.05) is 36.6 Å². The molecular weight excluding hydrogens is 314 g/mol. The Hall–Kier alpha value is -1.80. The highest BCUT2D eigenvalue weighted by Gasteiger charge is 2.28. The molecule has 124 valence electrons. The van der Waals surface area contributed by atoms with Crippen molar-refractivity contribution in [3.63, 3.8) is 0 Å². The molecule has 0 bridgehead atoms. The highest BCUT2D eigenvalue weighted by atomic mass is 32.2. The standard InChI is InChI=1S/C15H21N5O2S/c1-10-7-13(15-16-8-11(2)18-15)19-14(17-10)12-5-4-6-20(9-12)23(3,21)22/h7-8,12H,4-6,9H2,1-3H3,(H,16,18). The first kappa shape index (κ1) is 16.1. The molecule has 1 N–H and O–H groups in total. The molecule has 3 heterocycles. The minimum absolute atomic E-state index is 0.0215. The number of sulfonamides is 1. The summed E-state index contributed by atoms with van der Waals surface area (Å²) in [4.78, 5) is 16.7. The number of aromatic nitrogens is 4. The lowest BCUT2D eigenvalue weighted by atomic mass is 9.98. The fourth-order valence-corrected chi connectivity index (χ4v) is 3.80. The van der Waals surface area contributed by atoms with Crippen LogP contribution in [0.5, 0.6) is 0 Å². The van der Waals surface area contributed by atoms with Gasteiger partial charge in [-0.05, 0) is 32.8 Å². The second-order valence-corrected chi connectivity index (χ2v) is 8.11. The zero-order valence-corrected chi connectivity index (χ0v) is 14.4. The van der Waals surface area contributed by atoms with Crippen LogP contribution in [0, 0.1) is 13.8 Å².